The number of rotatable bonds is 5. The summed E-state index contributed by atoms with van der Waals surface area (Å²) in [5.41, 5.74) is 0.959. The molecular formula is C15H18F3N3. The molecule has 0 bridgehead atoms. The molecule has 0 unspecified atom stereocenters. The van der Waals surface area contributed by atoms with Crippen molar-refractivity contribution in [3.8, 4) is 0 Å². The molecular weight excluding hydrogens is 279 g/mol. The van der Waals surface area contributed by atoms with Crippen LogP contribution in [0.15, 0.2) is 36.7 Å². The average molecular weight is 297 g/mol. The molecule has 6 heteroatoms. The number of hydrogen-bond donors (Lipinski definition) is 1. The highest BCUT2D eigenvalue weighted by Gasteiger charge is 2.30. The number of nitrogens with zero attached hydrogens (tertiary/aromatic N) is 2. The molecule has 0 fully saturated rings. The summed E-state index contributed by atoms with van der Waals surface area (Å²) >= 11 is 0. The van der Waals surface area contributed by atoms with Gasteiger partial charge in [-0.05, 0) is 17.7 Å². The summed E-state index contributed by atoms with van der Waals surface area (Å²) in [7, 11) is 0. The molecule has 1 aromatic heterocycles. The first kappa shape index (κ1) is 15.6. The van der Waals surface area contributed by atoms with Gasteiger partial charge in [0.15, 0.2) is 0 Å². The fourth-order valence-corrected chi connectivity index (χ4v) is 1.94. The molecule has 2 aromatic rings. The topological polar surface area (TPSA) is 29.9 Å². The molecule has 114 valence electrons. The first-order valence-corrected chi connectivity index (χ1v) is 6.75. The zero-order chi connectivity index (χ0) is 15.5. The van der Waals surface area contributed by atoms with E-state index in [0.717, 1.165) is 17.7 Å². The molecule has 1 aromatic carbocycles. The Kier molecular flexibility index (Phi) is 4.67. The quantitative estimate of drug-likeness (QED) is 0.916. The van der Waals surface area contributed by atoms with E-state index < -0.39 is 11.7 Å². The van der Waals surface area contributed by atoms with Crippen molar-refractivity contribution in [2.24, 2.45) is 0 Å². The van der Waals surface area contributed by atoms with E-state index in [-0.39, 0.29) is 0 Å². The molecule has 0 aliphatic carbocycles. The summed E-state index contributed by atoms with van der Waals surface area (Å²) in [4.78, 5) is 0. The van der Waals surface area contributed by atoms with Gasteiger partial charge in [-0.25, -0.2) is 0 Å². The third-order valence-electron chi connectivity index (χ3n) is 3.00. The third kappa shape index (κ3) is 4.60. The summed E-state index contributed by atoms with van der Waals surface area (Å²) in [6, 6.07) is 5.70. The van der Waals surface area contributed by atoms with E-state index in [0.29, 0.717) is 24.7 Å². The Morgan fingerprint density at radius 2 is 2.00 bits per heavy atom. The van der Waals surface area contributed by atoms with Crippen LogP contribution in [0.3, 0.4) is 0 Å². The number of benzene rings is 1. The van der Waals surface area contributed by atoms with Gasteiger partial charge in [0.25, 0.3) is 0 Å². The van der Waals surface area contributed by atoms with Crippen LogP contribution >= 0.6 is 0 Å². The molecule has 0 saturated heterocycles. The van der Waals surface area contributed by atoms with E-state index in [9.17, 15) is 13.2 Å². The number of alkyl halides is 3. The molecule has 0 atom stereocenters. The van der Waals surface area contributed by atoms with Gasteiger partial charge < -0.3 is 5.32 Å². The molecule has 1 heterocycles. The van der Waals surface area contributed by atoms with Crippen LogP contribution in [-0.4, -0.2) is 15.8 Å². The molecule has 0 spiro atoms. The van der Waals surface area contributed by atoms with Gasteiger partial charge in [-0.2, -0.15) is 18.3 Å². The Morgan fingerprint density at radius 3 is 2.67 bits per heavy atom. The van der Waals surface area contributed by atoms with Gasteiger partial charge in [-0.3, -0.25) is 4.68 Å². The van der Waals surface area contributed by atoms with Gasteiger partial charge in [0.1, 0.15) is 0 Å². The Morgan fingerprint density at radius 1 is 1.24 bits per heavy atom. The fraction of sp³-hybridized carbons (Fsp3) is 0.400. The highest BCUT2D eigenvalue weighted by atomic mass is 19.4. The Labute approximate surface area is 121 Å². The lowest BCUT2D eigenvalue weighted by molar-refractivity contribution is -0.137. The minimum Gasteiger partial charge on any atom is -0.310 e. The fourth-order valence-electron chi connectivity index (χ4n) is 1.94. The van der Waals surface area contributed by atoms with E-state index in [1.807, 2.05) is 20.0 Å². The van der Waals surface area contributed by atoms with Crippen molar-refractivity contribution in [1.82, 2.24) is 15.1 Å². The van der Waals surface area contributed by atoms with Gasteiger partial charge >= 0.3 is 6.18 Å². The first-order chi connectivity index (χ1) is 9.84. The number of hydrogen-bond acceptors (Lipinski definition) is 2. The highest BCUT2D eigenvalue weighted by Crippen LogP contribution is 2.29. The molecule has 0 aliphatic rings. The van der Waals surface area contributed by atoms with Gasteiger partial charge in [-0.1, -0.05) is 26.0 Å². The summed E-state index contributed by atoms with van der Waals surface area (Å²) in [6.07, 6.45) is -0.745. The van der Waals surface area contributed by atoms with Gasteiger partial charge in [0, 0.05) is 24.3 Å². The smallest absolute Gasteiger partial charge is 0.310 e. The van der Waals surface area contributed by atoms with Gasteiger partial charge in [-0.15, -0.1) is 0 Å². The van der Waals surface area contributed by atoms with Gasteiger partial charge in [0.2, 0.25) is 0 Å². The van der Waals surface area contributed by atoms with Crippen molar-refractivity contribution in [1.29, 1.82) is 0 Å². The molecule has 21 heavy (non-hydrogen) atoms. The van der Waals surface area contributed by atoms with Crippen molar-refractivity contribution < 1.29 is 13.2 Å². The minimum absolute atomic E-state index is 0.325. The normalized spacial score (nSPS) is 12.1. The Balaban J connectivity index is 2.05. The van der Waals surface area contributed by atoms with Crippen LogP contribution in [0.25, 0.3) is 0 Å². The standard InChI is InChI=1S/C15H18F3N3/c1-11(2)19-7-13-8-20-21(10-13)9-12-4-3-5-14(6-12)15(16,17)18/h3-6,8,10-11,19H,7,9H2,1-2H3. The summed E-state index contributed by atoms with van der Waals surface area (Å²) < 4.78 is 39.6. The van der Waals surface area contributed by atoms with E-state index >= 15 is 0 Å². The van der Waals surface area contributed by atoms with E-state index in [1.165, 1.54) is 6.07 Å². The number of halogens is 3. The maximum atomic E-state index is 12.7. The zero-order valence-electron chi connectivity index (χ0n) is 12.0. The number of nitrogens with one attached hydrogen (secondary N) is 1. The Bertz CT molecular complexity index is 588. The molecule has 0 aliphatic heterocycles. The zero-order valence-corrected chi connectivity index (χ0v) is 12.0. The Hall–Kier alpha value is -1.82. The lowest BCUT2D eigenvalue weighted by Crippen LogP contribution is -2.21. The minimum atomic E-state index is -4.31. The van der Waals surface area contributed by atoms with Crippen molar-refractivity contribution in [3.63, 3.8) is 0 Å². The monoisotopic (exact) mass is 297 g/mol. The van der Waals surface area contributed by atoms with Crippen LogP contribution < -0.4 is 5.32 Å². The lowest BCUT2D eigenvalue weighted by atomic mass is 10.1. The molecule has 3 nitrogen and oxygen atoms in total. The van der Waals surface area contributed by atoms with Crippen LogP contribution in [0.2, 0.25) is 0 Å². The van der Waals surface area contributed by atoms with Crippen molar-refractivity contribution in [3.05, 3.63) is 53.3 Å². The second kappa shape index (κ2) is 6.30. The van der Waals surface area contributed by atoms with Gasteiger partial charge in [0.05, 0.1) is 18.3 Å². The van der Waals surface area contributed by atoms with Crippen LogP contribution in [0.4, 0.5) is 13.2 Å². The summed E-state index contributed by atoms with van der Waals surface area (Å²) in [5, 5.41) is 7.44. The van der Waals surface area contributed by atoms with Crippen LogP contribution in [-0.2, 0) is 19.3 Å². The molecule has 0 radical (unpaired) electrons. The van der Waals surface area contributed by atoms with Crippen LogP contribution in [0, 0.1) is 0 Å². The lowest BCUT2D eigenvalue weighted by Gasteiger charge is -2.09. The third-order valence-corrected chi connectivity index (χ3v) is 3.00. The molecule has 2 rings (SSSR count). The first-order valence-electron chi connectivity index (χ1n) is 6.75. The van der Waals surface area contributed by atoms with Crippen LogP contribution in [0.1, 0.15) is 30.5 Å². The SMILES string of the molecule is CC(C)NCc1cnn(Cc2cccc(C(F)(F)F)c2)c1. The molecule has 0 saturated carbocycles. The second-order valence-electron chi connectivity index (χ2n) is 5.28. The maximum absolute atomic E-state index is 12.7. The van der Waals surface area contributed by atoms with E-state index in [4.69, 9.17) is 0 Å². The predicted molar refractivity (Wildman–Crippen MR) is 74.7 cm³/mol. The largest absolute Gasteiger partial charge is 0.416 e. The molecule has 0 amide bonds. The van der Waals surface area contributed by atoms with E-state index in [2.05, 4.69) is 10.4 Å². The highest BCUT2D eigenvalue weighted by molar-refractivity contribution is 5.25. The second-order valence-corrected chi connectivity index (χ2v) is 5.28. The van der Waals surface area contributed by atoms with Crippen LogP contribution in [0.5, 0.6) is 0 Å². The summed E-state index contributed by atoms with van der Waals surface area (Å²) in [5.74, 6) is 0. The maximum Gasteiger partial charge on any atom is 0.416 e. The van der Waals surface area contributed by atoms with Crippen molar-refractivity contribution >= 4 is 0 Å². The van der Waals surface area contributed by atoms with E-state index in [1.54, 1.807) is 16.9 Å². The van der Waals surface area contributed by atoms with Crippen molar-refractivity contribution in [2.75, 3.05) is 0 Å². The number of aromatic nitrogens is 2. The van der Waals surface area contributed by atoms with Crippen molar-refractivity contribution in [2.45, 2.75) is 39.2 Å². The molecule has 1 N–H and O–H groups in total. The average Bonchev–Trinajstić information content (AvgIpc) is 2.83. The summed E-state index contributed by atoms with van der Waals surface area (Å²) in [6.45, 7) is 5.12. The predicted octanol–water partition coefficient (Wildman–Crippen LogP) is 3.45.